The summed E-state index contributed by atoms with van der Waals surface area (Å²) in [6.07, 6.45) is -3.88. The van der Waals surface area contributed by atoms with Crippen molar-refractivity contribution in [3.8, 4) is 28.4 Å². The monoisotopic (exact) mass is 686 g/mol. The van der Waals surface area contributed by atoms with E-state index in [9.17, 15) is 27.6 Å². The zero-order chi connectivity index (χ0) is 35.8. The van der Waals surface area contributed by atoms with Gasteiger partial charge in [-0.1, -0.05) is 49.6 Å². The van der Waals surface area contributed by atoms with Gasteiger partial charge in [-0.2, -0.15) is 13.2 Å². The number of aliphatic hydroxyl groups is 2. The number of carbonyl (C=O) groups is 3. The highest BCUT2D eigenvalue weighted by atomic mass is 19.4. The van der Waals surface area contributed by atoms with Crippen molar-refractivity contribution in [1.29, 1.82) is 0 Å². The van der Waals surface area contributed by atoms with E-state index in [0.717, 1.165) is 16.7 Å². The fourth-order valence-electron chi connectivity index (χ4n) is 4.18. The highest BCUT2D eigenvalue weighted by Crippen LogP contribution is 2.29. The van der Waals surface area contributed by atoms with Gasteiger partial charge in [-0.05, 0) is 48.1 Å². The minimum Gasteiger partial charge on any atom is -0.490 e. The number of hydrogen-bond donors (Lipinski definition) is 2. The number of hydrogen-bond acceptors (Lipinski definition) is 10. The molecule has 0 heterocycles. The molecule has 3 aromatic carbocycles. The van der Waals surface area contributed by atoms with Crippen LogP contribution in [0.2, 0.25) is 0 Å². The van der Waals surface area contributed by atoms with E-state index < -0.39 is 43.7 Å². The van der Waals surface area contributed by atoms with Gasteiger partial charge in [0.1, 0.15) is 43.7 Å². The Labute approximate surface area is 281 Å². The van der Waals surface area contributed by atoms with E-state index in [1.165, 1.54) is 18.2 Å². The number of carbonyl (C=O) groups excluding carboxylic acids is 3. The quantitative estimate of drug-likeness (QED) is 0.0690. The van der Waals surface area contributed by atoms with Crippen LogP contribution >= 0.6 is 0 Å². The summed E-state index contributed by atoms with van der Waals surface area (Å²) in [7, 11) is 0. The maximum Gasteiger partial charge on any atom is 0.389 e. The van der Waals surface area contributed by atoms with E-state index in [2.05, 4.69) is 13.2 Å². The maximum atomic E-state index is 13.0. The molecule has 49 heavy (non-hydrogen) atoms. The van der Waals surface area contributed by atoms with Crippen molar-refractivity contribution in [3.63, 3.8) is 0 Å². The van der Waals surface area contributed by atoms with Crippen LogP contribution in [0.15, 0.2) is 91.0 Å². The third-order valence-electron chi connectivity index (χ3n) is 6.78. The summed E-state index contributed by atoms with van der Waals surface area (Å²) in [4.78, 5) is 36.4. The molecule has 13 heteroatoms. The fraction of sp³-hybridized carbons (Fsp3) is 0.306. The first-order valence-corrected chi connectivity index (χ1v) is 15.2. The lowest BCUT2D eigenvalue weighted by atomic mass is 10.0. The van der Waals surface area contributed by atoms with E-state index in [1.807, 2.05) is 24.3 Å². The van der Waals surface area contributed by atoms with E-state index >= 15 is 0 Å². The standard InChI is InChI=1S/C36H37F3O10/c1-24(22-40)33(42)47-17-15-45-30-19-31(46-16-18-48-34(43)25(2)23-41)21-32(20-30)49-35(44)29-12-10-28(11-13-29)27-8-6-26(7-9-27)5-3-4-14-36(37,38)39/h6-13,19-21,40-41H,1-5,14-18,22-23H2. The average Bonchev–Trinajstić information content (AvgIpc) is 3.09. The second kappa shape index (κ2) is 19.0. The number of unbranched alkanes of at least 4 members (excludes halogenated alkanes) is 1. The maximum absolute atomic E-state index is 13.0. The van der Waals surface area contributed by atoms with Gasteiger partial charge in [0, 0.05) is 24.6 Å². The highest BCUT2D eigenvalue weighted by Gasteiger charge is 2.25. The number of esters is 3. The van der Waals surface area contributed by atoms with E-state index in [4.69, 9.17) is 33.9 Å². The summed E-state index contributed by atoms with van der Waals surface area (Å²) in [5, 5.41) is 18.0. The summed E-state index contributed by atoms with van der Waals surface area (Å²) in [5.74, 6) is -1.79. The van der Waals surface area contributed by atoms with Crippen LogP contribution in [0.3, 0.4) is 0 Å². The third-order valence-corrected chi connectivity index (χ3v) is 6.78. The van der Waals surface area contributed by atoms with Gasteiger partial charge in [-0.15, -0.1) is 0 Å². The minimum absolute atomic E-state index is 0.0590. The van der Waals surface area contributed by atoms with E-state index in [1.54, 1.807) is 24.3 Å². The summed E-state index contributed by atoms with van der Waals surface area (Å²) < 4.78 is 63.8. The molecule has 0 radical (unpaired) electrons. The number of alkyl halides is 3. The Kier molecular flexibility index (Phi) is 14.9. The summed E-state index contributed by atoms with van der Waals surface area (Å²) in [6, 6.07) is 18.4. The Hall–Kier alpha value is -5.14. The molecule has 0 fully saturated rings. The molecule has 3 rings (SSSR count). The lowest BCUT2D eigenvalue weighted by Crippen LogP contribution is -2.16. The van der Waals surface area contributed by atoms with E-state index in [0.29, 0.717) is 12.8 Å². The van der Waals surface area contributed by atoms with Crippen LogP contribution in [-0.4, -0.2) is 73.9 Å². The van der Waals surface area contributed by atoms with Gasteiger partial charge in [0.05, 0.1) is 29.9 Å². The Balaban J connectivity index is 1.63. The second-order valence-electron chi connectivity index (χ2n) is 10.6. The van der Waals surface area contributed by atoms with Crippen LogP contribution in [0, 0.1) is 0 Å². The summed E-state index contributed by atoms with van der Waals surface area (Å²) >= 11 is 0. The Bertz CT molecular complexity index is 1530. The average molecular weight is 687 g/mol. The topological polar surface area (TPSA) is 138 Å². The van der Waals surface area contributed by atoms with Gasteiger partial charge >= 0.3 is 24.1 Å². The molecule has 0 aliphatic heterocycles. The number of ether oxygens (including phenoxy) is 5. The molecule has 0 saturated heterocycles. The number of benzene rings is 3. The predicted molar refractivity (Wildman–Crippen MR) is 172 cm³/mol. The molecule has 0 spiro atoms. The molecule has 0 aliphatic carbocycles. The molecule has 0 bridgehead atoms. The van der Waals surface area contributed by atoms with Crippen molar-refractivity contribution in [1.82, 2.24) is 0 Å². The van der Waals surface area contributed by atoms with Crippen LogP contribution in [0.4, 0.5) is 13.2 Å². The molecule has 2 N–H and O–H groups in total. The second-order valence-corrected chi connectivity index (χ2v) is 10.6. The summed E-state index contributed by atoms with van der Waals surface area (Å²) in [6.45, 7) is 5.14. The van der Waals surface area contributed by atoms with Gasteiger partial charge in [0.2, 0.25) is 0 Å². The largest absolute Gasteiger partial charge is 0.490 e. The first-order valence-electron chi connectivity index (χ1n) is 15.2. The van der Waals surface area contributed by atoms with Gasteiger partial charge in [0.25, 0.3) is 0 Å². The number of halogens is 3. The number of aliphatic hydroxyl groups excluding tert-OH is 2. The van der Waals surface area contributed by atoms with Gasteiger partial charge in [-0.3, -0.25) is 0 Å². The van der Waals surface area contributed by atoms with Crippen molar-refractivity contribution in [2.24, 2.45) is 0 Å². The van der Waals surface area contributed by atoms with Crippen LogP contribution in [0.25, 0.3) is 11.1 Å². The zero-order valence-corrected chi connectivity index (χ0v) is 26.6. The molecular formula is C36H37F3O10. The molecule has 0 unspecified atom stereocenters. The summed E-state index contributed by atoms with van der Waals surface area (Å²) in [5.41, 5.74) is 2.63. The molecule has 0 atom stereocenters. The van der Waals surface area contributed by atoms with Crippen molar-refractivity contribution in [2.45, 2.75) is 31.9 Å². The molecule has 0 amide bonds. The van der Waals surface area contributed by atoms with Gasteiger partial charge in [0.15, 0.2) is 0 Å². The van der Waals surface area contributed by atoms with Crippen molar-refractivity contribution < 1.29 is 61.5 Å². The third kappa shape index (κ3) is 13.5. The van der Waals surface area contributed by atoms with Crippen LogP contribution in [0.5, 0.6) is 17.2 Å². The zero-order valence-electron chi connectivity index (χ0n) is 26.6. The SMILES string of the molecule is C=C(CO)C(=O)OCCOc1cc(OCCOC(=O)C(=C)CO)cc(OC(=O)c2ccc(-c3ccc(CCCCC(F)(F)F)cc3)cc2)c1. The van der Waals surface area contributed by atoms with Crippen LogP contribution in [0.1, 0.15) is 35.2 Å². The first-order chi connectivity index (χ1) is 23.4. The molecule has 0 saturated carbocycles. The fourth-order valence-corrected chi connectivity index (χ4v) is 4.18. The normalized spacial score (nSPS) is 11.0. The van der Waals surface area contributed by atoms with Gasteiger partial charge in [-0.25, -0.2) is 14.4 Å². The smallest absolute Gasteiger partial charge is 0.389 e. The van der Waals surface area contributed by atoms with Crippen LogP contribution < -0.4 is 14.2 Å². The van der Waals surface area contributed by atoms with Crippen molar-refractivity contribution in [3.05, 3.63) is 102 Å². The van der Waals surface area contributed by atoms with Crippen molar-refractivity contribution in [2.75, 3.05) is 39.6 Å². The lowest BCUT2D eigenvalue weighted by molar-refractivity contribution is -0.141. The first kappa shape index (κ1) is 38.3. The minimum atomic E-state index is -4.15. The Morgan fingerprint density at radius 2 is 1.12 bits per heavy atom. The Morgan fingerprint density at radius 1 is 0.653 bits per heavy atom. The molecule has 3 aromatic rings. The highest BCUT2D eigenvalue weighted by molar-refractivity contribution is 5.92. The Morgan fingerprint density at radius 3 is 1.59 bits per heavy atom. The number of rotatable bonds is 19. The van der Waals surface area contributed by atoms with Crippen molar-refractivity contribution >= 4 is 17.9 Å². The molecule has 0 aromatic heterocycles. The van der Waals surface area contributed by atoms with E-state index in [-0.39, 0.29) is 66.8 Å². The molecule has 10 nitrogen and oxygen atoms in total. The molecule has 0 aliphatic rings. The molecular weight excluding hydrogens is 649 g/mol. The van der Waals surface area contributed by atoms with Gasteiger partial charge < -0.3 is 33.9 Å². The predicted octanol–water partition coefficient (Wildman–Crippen LogP) is 5.79. The lowest BCUT2D eigenvalue weighted by Gasteiger charge is -2.13. The van der Waals surface area contributed by atoms with Crippen LogP contribution in [-0.2, 0) is 25.5 Å². The number of aryl methyl sites for hydroxylation is 1. The molecule has 262 valence electrons.